The van der Waals surface area contributed by atoms with Crippen LogP contribution in [0.15, 0.2) is 18.5 Å². The molecular weight excluding hydrogens is 362 g/mol. The van der Waals surface area contributed by atoms with E-state index in [1.807, 2.05) is 19.1 Å². The summed E-state index contributed by atoms with van der Waals surface area (Å²) in [5.41, 5.74) is 0.696. The second-order valence-electron chi connectivity index (χ2n) is 6.72. The average Bonchev–Trinajstić information content (AvgIpc) is 3.47. The number of hydrogen-bond donors (Lipinski definition) is 0. The lowest BCUT2D eigenvalue weighted by Gasteiger charge is -2.18. The molecule has 0 radical (unpaired) electrons. The van der Waals surface area contributed by atoms with Gasteiger partial charge in [-0.2, -0.15) is 9.20 Å². The van der Waals surface area contributed by atoms with Gasteiger partial charge in [0, 0.05) is 25.6 Å². The second-order valence-corrected chi connectivity index (χ2v) is 6.72. The normalized spacial score (nSPS) is 15.5. The fraction of sp³-hybridized carbons (Fsp3) is 0.500. The Hall–Kier alpha value is -3.28. The zero-order valence-electron chi connectivity index (χ0n) is 15.4. The molecule has 28 heavy (non-hydrogen) atoms. The zero-order chi connectivity index (χ0) is 18.9. The maximum absolute atomic E-state index is 5.47. The van der Waals surface area contributed by atoms with Gasteiger partial charge >= 0.3 is 0 Å². The van der Waals surface area contributed by atoms with Crippen LogP contribution in [-0.4, -0.2) is 68.0 Å². The highest BCUT2D eigenvalue weighted by Crippen LogP contribution is 2.25. The standard InChI is InChI=1S/C16H19N11O/c1-11-19-20-14-2-3-15(21-26(11)14)27-13(4-7-25-10-17-23-24-25)18-16(22-27)12-5-8-28-9-6-12/h2-3,10,12H,4-9H2,1H3. The third-order valence-electron chi connectivity index (χ3n) is 4.85. The highest BCUT2D eigenvalue weighted by molar-refractivity contribution is 5.39. The van der Waals surface area contributed by atoms with Crippen LogP contribution in [0.2, 0.25) is 0 Å². The molecule has 0 saturated carbocycles. The predicted octanol–water partition coefficient (Wildman–Crippen LogP) is 0.137. The van der Waals surface area contributed by atoms with E-state index in [0.717, 1.165) is 43.5 Å². The van der Waals surface area contributed by atoms with E-state index < -0.39 is 0 Å². The second kappa shape index (κ2) is 7.03. The number of aromatic nitrogens is 11. The molecule has 0 amide bonds. The molecule has 0 bridgehead atoms. The molecule has 0 spiro atoms. The Morgan fingerprint density at radius 1 is 1.14 bits per heavy atom. The molecule has 12 nitrogen and oxygen atoms in total. The van der Waals surface area contributed by atoms with Crippen molar-refractivity contribution in [1.29, 1.82) is 0 Å². The Kier molecular flexibility index (Phi) is 4.24. The summed E-state index contributed by atoms with van der Waals surface area (Å²) in [5, 5.41) is 28.9. The largest absolute Gasteiger partial charge is 0.381 e. The van der Waals surface area contributed by atoms with Gasteiger partial charge in [-0.05, 0) is 42.3 Å². The summed E-state index contributed by atoms with van der Waals surface area (Å²) in [4.78, 5) is 4.83. The van der Waals surface area contributed by atoms with Crippen LogP contribution in [0.5, 0.6) is 0 Å². The molecule has 0 unspecified atom stereocenters. The first-order chi connectivity index (χ1) is 13.8. The Bertz CT molecular complexity index is 1080. The molecule has 144 valence electrons. The summed E-state index contributed by atoms with van der Waals surface area (Å²) in [6.07, 6.45) is 4.06. The van der Waals surface area contributed by atoms with Crippen LogP contribution in [0.4, 0.5) is 0 Å². The molecule has 5 heterocycles. The van der Waals surface area contributed by atoms with Crippen molar-refractivity contribution in [3.8, 4) is 5.82 Å². The number of nitrogens with zero attached hydrogens (tertiary/aromatic N) is 11. The molecule has 4 aromatic rings. The summed E-state index contributed by atoms with van der Waals surface area (Å²) in [7, 11) is 0. The van der Waals surface area contributed by atoms with Gasteiger partial charge < -0.3 is 4.74 Å². The average molecular weight is 381 g/mol. The van der Waals surface area contributed by atoms with Gasteiger partial charge in [-0.15, -0.1) is 25.5 Å². The molecule has 4 aromatic heterocycles. The monoisotopic (exact) mass is 381 g/mol. The molecule has 5 rings (SSSR count). The molecule has 0 N–H and O–H groups in total. The molecule has 1 fully saturated rings. The van der Waals surface area contributed by atoms with Crippen LogP contribution in [0, 0.1) is 6.92 Å². The fourth-order valence-electron chi connectivity index (χ4n) is 3.33. The molecule has 0 atom stereocenters. The third-order valence-corrected chi connectivity index (χ3v) is 4.85. The molecule has 0 aliphatic carbocycles. The first-order valence-corrected chi connectivity index (χ1v) is 9.22. The van der Waals surface area contributed by atoms with Crippen molar-refractivity contribution in [3.05, 3.63) is 35.9 Å². The summed E-state index contributed by atoms with van der Waals surface area (Å²) in [6.45, 7) is 3.95. The Labute approximate surface area is 159 Å². The first-order valence-electron chi connectivity index (χ1n) is 9.22. The highest BCUT2D eigenvalue weighted by atomic mass is 16.5. The lowest BCUT2D eigenvalue weighted by atomic mass is 10.00. The first kappa shape index (κ1) is 16.9. The molecular formula is C16H19N11O. The van der Waals surface area contributed by atoms with Gasteiger partial charge in [0.25, 0.3) is 0 Å². The summed E-state index contributed by atoms with van der Waals surface area (Å²) < 4.78 is 10.7. The Morgan fingerprint density at radius 3 is 2.86 bits per heavy atom. The van der Waals surface area contributed by atoms with Crippen molar-refractivity contribution in [2.24, 2.45) is 0 Å². The minimum Gasteiger partial charge on any atom is -0.381 e. The van der Waals surface area contributed by atoms with Gasteiger partial charge in [0.2, 0.25) is 0 Å². The van der Waals surface area contributed by atoms with Gasteiger partial charge in [0.1, 0.15) is 12.2 Å². The number of fused-ring (bicyclic) bond motifs is 1. The van der Waals surface area contributed by atoms with E-state index in [4.69, 9.17) is 14.8 Å². The third kappa shape index (κ3) is 3.11. The van der Waals surface area contributed by atoms with Crippen LogP contribution < -0.4 is 0 Å². The zero-order valence-corrected chi connectivity index (χ0v) is 15.4. The van der Waals surface area contributed by atoms with Crippen molar-refractivity contribution in [3.63, 3.8) is 0 Å². The van der Waals surface area contributed by atoms with Gasteiger partial charge in [-0.1, -0.05) is 0 Å². The molecule has 12 heteroatoms. The lowest BCUT2D eigenvalue weighted by Crippen LogP contribution is -2.15. The number of rotatable bonds is 5. The maximum atomic E-state index is 5.47. The fourth-order valence-corrected chi connectivity index (χ4v) is 3.33. The maximum Gasteiger partial charge on any atom is 0.178 e. The smallest absolute Gasteiger partial charge is 0.178 e. The van der Waals surface area contributed by atoms with E-state index in [-0.39, 0.29) is 0 Å². The molecule has 0 aromatic carbocycles. The van der Waals surface area contributed by atoms with Gasteiger partial charge in [0.15, 0.2) is 23.1 Å². The van der Waals surface area contributed by atoms with Crippen LogP contribution >= 0.6 is 0 Å². The van der Waals surface area contributed by atoms with Crippen LogP contribution in [0.25, 0.3) is 11.5 Å². The van der Waals surface area contributed by atoms with Crippen molar-refractivity contribution >= 4 is 5.65 Å². The topological polar surface area (TPSA) is 127 Å². The van der Waals surface area contributed by atoms with E-state index in [9.17, 15) is 0 Å². The van der Waals surface area contributed by atoms with E-state index >= 15 is 0 Å². The number of hydrogen-bond acceptors (Lipinski definition) is 9. The SMILES string of the molecule is Cc1nnc2ccc(-n3nc(C4CCOCC4)nc3CCn3cnnn3)nn12. The summed E-state index contributed by atoms with van der Waals surface area (Å²) >= 11 is 0. The van der Waals surface area contributed by atoms with Crippen molar-refractivity contribution in [2.75, 3.05) is 13.2 Å². The van der Waals surface area contributed by atoms with Crippen LogP contribution in [-0.2, 0) is 17.7 Å². The number of aryl methyl sites for hydroxylation is 3. The number of tetrazole rings is 1. The number of ether oxygens (including phenoxy) is 1. The van der Waals surface area contributed by atoms with E-state index in [1.165, 1.54) is 0 Å². The van der Waals surface area contributed by atoms with Crippen LogP contribution in [0.1, 0.15) is 36.2 Å². The quantitative estimate of drug-likeness (QED) is 0.474. The van der Waals surface area contributed by atoms with Gasteiger partial charge in [0.05, 0.1) is 6.54 Å². The predicted molar refractivity (Wildman–Crippen MR) is 94.8 cm³/mol. The van der Waals surface area contributed by atoms with Crippen molar-refractivity contribution < 1.29 is 4.74 Å². The molecule has 1 aliphatic heterocycles. The van der Waals surface area contributed by atoms with Gasteiger partial charge in [-0.25, -0.2) is 9.67 Å². The lowest BCUT2D eigenvalue weighted by molar-refractivity contribution is 0.0836. The van der Waals surface area contributed by atoms with Gasteiger partial charge in [-0.3, -0.25) is 0 Å². The molecule has 1 aliphatic rings. The van der Waals surface area contributed by atoms with E-state index in [1.54, 1.807) is 20.2 Å². The summed E-state index contributed by atoms with van der Waals surface area (Å²) in [6, 6.07) is 3.76. The Balaban J connectivity index is 1.52. The molecule has 1 saturated heterocycles. The van der Waals surface area contributed by atoms with E-state index in [0.29, 0.717) is 30.3 Å². The summed E-state index contributed by atoms with van der Waals surface area (Å²) in [5.74, 6) is 3.33. The van der Waals surface area contributed by atoms with Crippen molar-refractivity contribution in [1.82, 2.24) is 54.8 Å². The Morgan fingerprint density at radius 2 is 2.04 bits per heavy atom. The van der Waals surface area contributed by atoms with Crippen molar-refractivity contribution in [2.45, 2.75) is 38.6 Å². The minimum absolute atomic E-state index is 0.294. The minimum atomic E-state index is 0.294. The van der Waals surface area contributed by atoms with Crippen LogP contribution in [0.3, 0.4) is 0 Å². The van der Waals surface area contributed by atoms with E-state index in [2.05, 4.69) is 30.8 Å². The highest BCUT2D eigenvalue weighted by Gasteiger charge is 2.23.